The number of hydrogen-bond donors (Lipinski definition) is 1. The number of ether oxygens (including phenoxy) is 1. The Balaban J connectivity index is 3.22. The zero-order chi connectivity index (χ0) is 9.14. The summed E-state index contributed by atoms with van der Waals surface area (Å²) in [5.74, 6) is -0.173. The molecule has 0 amide bonds. The molecule has 0 heterocycles. The van der Waals surface area contributed by atoms with Gasteiger partial charge in [-0.1, -0.05) is 15.9 Å². The Morgan fingerprint density at radius 3 is 2.75 bits per heavy atom. The Morgan fingerprint density at radius 1 is 1.58 bits per heavy atom. The van der Waals surface area contributed by atoms with Crippen molar-refractivity contribution in [2.45, 2.75) is 6.54 Å². The van der Waals surface area contributed by atoms with Gasteiger partial charge in [-0.05, 0) is 12.1 Å². The molecule has 0 radical (unpaired) electrons. The van der Waals surface area contributed by atoms with E-state index in [2.05, 4.69) is 15.9 Å². The van der Waals surface area contributed by atoms with E-state index >= 15 is 0 Å². The minimum absolute atomic E-state index is 0.168. The zero-order valence-electron chi connectivity index (χ0n) is 6.60. The first-order valence-electron chi connectivity index (χ1n) is 3.41. The van der Waals surface area contributed by atoms with E-state index in [1.54, 1.807) is 12.1 Å². The van der Waals surface area contributed by atoms with E-state index in [1.165, 1.54) is 7.11 Å². The summed E-state index contributed by atoms with van der Waals surface area (Å²) in [5.41, 5.74) is 5.77. The molecule has 2 N–H and O–H groups in total. The molecule has 0 aromatic heterocycles. The van der Waals surface area contributed by atoms with Crippen molar-refractivity contribution in [2.24, 2.45) is 5.73 Å². The van der Waals surface area contributed by atoms with E-state index in [0.29, 0.717) is 5.56 Å². The highest BCUT2D eigenvalue weighted by Gasteiger charge is 2.08. The van der Waals surface area contributed by atoms with Gasteiger partial charge in [0.2, 0.25) is 0 Å². The van der Waals surface area contributed by atoms with Crippen molar-refractivity contribution in [3.05, 3.63) is 28.0 Å². The molecule has 0 aliphatic rings. The molecule has 0 saturated carbocycles. The second-order valence-electron chi connectivity index (χ2n) is 2.29. The van der Waals surface area contributed by atoms with Gasteiger partial charge >= 0.3 is 0 Å². The maximum atomic E-state index is 13.2. The molecule has 0 saturated heterocycles. The number of rotatable bonds is 2. The average Bonchev–Trinajstić information content (AvgIpc) is 2.08. The molecular formula is C8H9BrFNO. The lowest BCUT2D eigenvalue weighted by Crippen LogP contribution is -2.01. The number of nitrogens with two attached hydrogens (primary N) is 1. The van der Waals surface area contributed by atoms with Crippen LogP contribution >= 0.6 is 15.9 Å². The van der Waals surface area contributed by atoms with Crippen molar-refractivity contribution in [1.82, 2.24) is 0 Å². The topological polar surface area (TPSA) is 35.2 Å². The molecule has 0 atom stereocenters. The van der Waals surface area contributed by atoms with Crippen molar-refractivity contribution in [3.8, 4) is 5.75 Å². The third-order valence-electron chi connectivity index (χ3n) is 1.52. The van der Waals surface area contributed by atoms with Crippen molar-refractivity contribution in [2.75, 3.05) is 7.11 Å². The molecule has 0 aliphatic heterocycles. The van der Waals surface area contributed by atoms with Gasteiger partial charge < -0.3 is 10.5 Å². The van der Waals surface area contributed by atoms with E-state index in [9.17, 15) is 4.39 Å². The minimum atomic E-state index is -0.386. The highest BCUT2D eigenvalue weighted by molar-refractivity contribution is 9.10. The Labute approximate surface area is 78.6 Å². The van der Waals surface area contributed by atoms with E-state index in [4.69, 9.17) is 10.5 Å². The van der Waals surface area contributed by atoms with Gasteiger partial charge in [0, 0.05) is 16.6 Å². The van der Waals surface area contributed by atoms with Crippen molar-refractivity contribution in [3.63, 3.8) is 0 Å². The van der Waals surface area contributed by atoms with E-state index in [1.807, 2.05) is 0 Å². The Bertz CT molecular complexity index is 265. The average molecular weight is 234 g/mol. The molecule has 4 heteroatoms. The summed E-state index contributed by atoms with van der Waals surface area (Å²) in [7, 11) is 1.42. The standard InChI is InChI=1S/C8H9BrFNO/c1-12-7-3-6(9)2-5(4-11)8(7)10/h2-3H,4,11H2,1H3. The molecule has 0 aliphatic carbocycles. The normalized spacial score (nSPS) is 10.0. The van der Waals surface area contributed by atoms with Gasteiger partial charge in [0.25, 0.3) is 0 Å². The third-order valence-corrected chi connectivity index (χ3v) is 1.98. The predicted molar refractivity (Wildman–Crippen MR) is 48.5 cm³/mol. The monoisotopic (exact) mass is 233 g/mol. The van der Waals surface area contributed by atoms with Crippen LogP contribution in [-0.4, -0.2) is 7.11 Å². The summed E-state index contributed by atoms with van der Waals surface area (Å²) in [4.78, 5) is 0. The van der Waals surface area contributed by atoms with Crippen LogP contribution in [0.5, 0.6) is 5.75 Å². The van der Waals surface area contributed by atoms with Crippen LogP contribution in [0, 0.1) is 5.82 Å². The molecule has 0 fully saturated rings. The molecule has 1 rings (SSSR count). The summed E-state index contributed by atoms with van der Waals surface area (Å²) in [5, 5.41) is 0. The van der Waals surface area contributed by atoms with Crippen LogP contribution in [0.4, 0.5) is 4.39 Å². The van der Waals surface area contributed by atoms with Gasteiger partial charge in [-0.2, -0.15) is 0 Å². The first kappa shape index (κ1) is 9.48. The van der Waals surface area contributed by atoms with Gasteiger partial charge in [-0.25, -0.2) is 4.39 Å². The highest BCUT2D eigenvalue weighted by Crippen LogP contribution is 2.25. The summed E-state index contributed by atoms with van der Waals surface area (Å²) in [6, 6.07) is 3.20. The van der Waals surface area contributed by atoms with Crippen LogP contribution in [-0.2, 0) is 6.54 Å². The molecule has 0 unspecified atom stereocenters. The predicted octanol–water partition coefficient (Wildman–Crippen LogP) is 2.06. The Hall–Kier alpha value is -0.610. The fourth-order valence-electron chi connectivity index (χ4n) is 0.915. The van der Waals surface area contributed by atoms with Crippen molar-refractivity contribution >= 4 is 15.9 Å². The fourth-order valence-corrected chi connectivity index (χ4v) is 1.40. The zero-order valence-corrected chi connectivity index (χ0v) is 8.19. The van der Waals surface area contributed by atoms with E-state index in [0.717, 1.165) is 4.47 Å². The summed E-state index contributed by atoms with van der Waals surface area (Å²) >= 11 is 3.23. The number of methoxy groups -OCH3 is 1. The summed E-state index contributed by atoms with van der Waals surface area (Å²) < 4.78 is 18.8. The SMILES string of the molecule is COc1cc(Br)cc(CN)c1F. The summed E-state index contributed by atoms with van der Waals surface area (Å²) in [6.45, 7) is 0.168. The first-order chi connectivity index (χ1) is 5.69. The number of benzene rings is 1. The quantitative estimate of drug-likeness (QED) is 0.849. The number of halogens is 2. The maximum absolute atomic E-state index is 13.2. The molecule has 2 nitrogen and oxygen atoms in total. The molecule has 66 valence electrons. The maximum Gasteiger partial charge on any atom is 0.169 e. The second kappa shape index (κ2) is 3.87. The van der Waals surface area contributed by atoms with Gasteiger partial charge in [-0.15, -0.1) is 0 Å². The van der Waals surface area contributed by atoms with Crippen LogP contribution in [0.2, 0.25) is 0 Å². The minimum Gasteiger partial charge on any atom is -0.494 e. The van der Waals surface area contributed by atoms with Gasteiger partial charge in [-0.3, -0.25) is 0 Å². The largest absolute Gasteiger partial charge is 0.494 e. The van der Waals surface area contributed by atoms with Crippen LogP contribution in [0.3, 0.4) is 0 Å². The van der Waals surface area contributed by atoms with Crippen LogP contribution < -0.4 is 10.5 Å². The smallest absolute Gasteiger partial charge is 0.169 e. The lowest BCUT2D eigenvalue weighted by molar-refractivity contribution is 0.384. The molecular weight excluding hydrogens is 225 g/mol. The summed E-state index contributed by atoms with van der Waals surface area (Å²) in [6.07, 6.45) is 0. The fraction of sp³-hybridized carbons (Fsp3) is 0.250. The molecule has 12 heavy (non-hydrogen) atoms. The highest BCUT2D eigenvalue weighted by atomic mass is 79.9. The van der Waals surface area contributed by atoms with E-state index in [-0.39, 0.29) is 18.1 Å². The van der Waals surface area contributed by atoms with Crippen molar-refractivity contribution < 1.29 is 9.13 Å². The van der Waals surface area contributed by atoms with Crippen LogP contribution in [0.1, 0.15) is 5.56 Å². The molecule has 1 aromatic rings. The number of hydrogen-bond acceptors (Lipinski definition) is 2. The van der Waals surface area contributed by atoms with Gasteiger partial charge in [0.1, 0.15) is 0 Å². The van der Waals surface area contributed by atoms with Crippen LogP contribution in [0.25, 0.3) is 0 Å². The lowest BCUT2D eigenvalue weighted by Gasteiger charge is -2.06. The van der Waals surface area contributed by atoms with Gasteiger partial charge in [0.05, 0.1) is 7.11 Å². The van der Waals surface area contributed by atoms with E-state index < -0.39 is 0 Å². The third kappa shape index (κ3) is 1.76. The van der Waals surface area contributed by atoms with Gasteiger partial charge in [0.15, 0.2) is 11.6 Å². The first-order valence-corrected chi connectivity index (χ1v) is 4.20. The Morgan fingerprint density at radius 2 is 2.25 bits per heavy atom. The Kier molecular flexibility index (Phi) is 3.05. The van der Waals surface area contributed by atoms with Crippen molar-refractivity contribution in [1.29, 1.82) is 0 Å². The van der Waals surface area contributed by atoms with Crippen LogP contribution in [0.15, 0.2) is 16.6 Å². The molecule has 0 bridgehead atoms. The second-order valence-corrected chi connectivity index (χ2v) is 3.20. The lowest BCUT2D eigenvalue weighted by atomic mass is 10.2. The molecule has 1 aromatic carbocycles. The molecule has 0 spiro atoms.